The molecule has 0 fully saturated rings. The molecule has 23 heavy (non-hydrogen) atoms. The Hall–Kier alpha value is -2.85. The highest BCUT2D eigenvalue weighted by atomic mass is 32.1. The molecule has 0 bridgehead atoms. The summed E-state index contributed by atoms with van der Waals surface area (Å²) in [5.74, 6) is -1.71. The molecule has 0 aliphatic heterocycles. The molecule has 0 spiro atoms. The molecule has 1 atom stereocenters. The highest BCUT2D eigenvalue weighted by molar-refractivity contribution is 7.10. The van der Waals surface area contributed by atoms with E-state index in [2.05, 4.69) is 10.1 Å². The first-order valence-corrected chi connectivity index (χ1v) is 7.64. The number of Topliss-reactive ketones (excluding diaryl/α,β-unsaturated/α-hetero) is 1. The lowest BCUT2D eigenvalue weighted by molar-refractivity contribution is 0.0973. The fourth-order valence-electron chi connectivity index (χ4n) is 2.07. The number of ketones is 1. The normalized spacial score (nSPS) is 11.9. The number of halogens is 1. The van der Waals surface area contributed by atoms with Crippen LogP contribution in [0.2, 0.25) is 0 Å². The SMILES string of the molecule is Cc1csc(C(C#N)C(=O)c2ccn(-c3ccc(F)cc3)n2)n1. The predicted molar refractivity (Wildman–Crippen MR) is 83.1 cm³/mol. The van der Waals surface area contributed by atoms with Gasteiger partial charge in [-0.3, -0.25) is 4.79 Å². The molecule has 0 aliphatic rings. The second-order valence-electron chi connectivity index (χ2n) is 4.88. The standard InChI is InChI=1S/C16H11FN4OS/c1-10-9-23-16(19-10)13(8-18)15(22)14-6-7-21(20-14)12-4-2-11(17)3-5-12/h2-7,9,13H,1H3. The summed E-state index contributed by atoms with van der Waals surface area (Å²) >= 11 is 1.28. The van der Waals surface area contributed by atoms with E-state index in [1.807, 2.05) is 13.0 Å². The molecule has 0 amide bonds. The topological polar surface area (TPSA) is 71.6 Å². The van der Waals surface area contributed by atoms with Gasteiger partial charge in [0.05, 0.1) is 11.8 Å². The second kappa shape index (κ2) is 6.10. The predicted octanol–water partition coefficient (Wildman–Crippen LogP) is 3.27. The number of hydrogen-bond donors (Lipinski definition) is 0. The van der Waals surface area contributed by atoms with Gasteiger partial charge in [0.1, 0.15) is 16.5 Å². The van der Waals surface area contributed by atoms with Crippen LogP contribution in [0.25, 0.3) is 5.69 Å². The van der Waals surface area contributed by atoms with Crippen LogP contribution in [0, 0.1) is 24.1 Å². The Morgan fingerprint density at radius 1 is 1.35 bits per heavy atom. The summed E-state index contributed by atoms with van der Waals surface area (Å²) in [5, 5.41) is 15.7. The molecule has 2 heterocycles. The van der Waals surface area contributed by atoms with Crippen LogP contribution >= 0.6 is 11.3 Å². The first kappa shape index (κ1) is 15.1. The van der Waals surface area contributed by atoms with E-state index < -0.39 is 11.7 Å². The van der Waals surface area contributed by atoms with Gasteiger partial charge in [-0.2, -0.15) is 10.4 Å². The van der Waals surface area contributed by atoms with E-state index in [4.69, 9.17) is 0 Å². The average molecular weight is 326 g/mol. The molecule has 0 saturated heterocycles. The number of aryl methyl sites for hydroxylation is 1. The van der Waals surface area contributed by atoms with E-state index in [1.165, 1.54) is 34.2 Å². The molecule has 5 nitrogen and oxygen atoms in total. The van der Waals surface area contributed by atoms with Gasteiger partial charge in [0.2, 0.25) is 5.78 Å². The summed E-state index contributed by atoms with van der Waals surface area (Å²) in [7, 11) is 0. The minimum absolute atomic E-state index is 0.175. The van der Waals surface area contributed by atoms with Gasteiger partial charge in [0, 0.05) is 17.3 Å². The number of nitrogens with zero attached hydrogens (tertiary/aromatic N) is 4. The fourth-order valence-corrected chi connectivity index (χ4v) is 2.91. The molecule has 0 saturated carbocycles. The van der Waals surface area contributed by atoms with E-state index in [0.29, 0.717) is 10.7 Å². The molecular formula is C16H11FN4OS. The van der Waals surface area contributed by atoms with Crippen LogP contribution in [0.5, 0.6) is 0 Å². The van der Waals surface area contributed by atoms with Gasteiger partial charge in [-0.15, -0.1) is 11.3 Å². The molecule has 2 aromatic heterocycles. The van der Waals surface area contributed by atoms with Crippen molar-refractivity contribution in [1.29, 1.82) is 5.26 Å². The summed E-state index contributed by atoms with van der Waals surface area (Å²) in [6.45, 7) is 1.81. The van der Waals surface area contributed by atoms with Crippen LogP contribution in [0.15, 0.2) is 41.9 Å². The van der Waals surface area contributed by atoms with Gasteiger partial charge in [-0.05, 0) is 37.3 Å². The van der Waals surface area contributed by atoms with Crippen molar-refractivity contribution in [2.24, 2.45) is 0 Å². The fraction of sp³-hybridized carbons (Fsp3) is 0.125. The Morgan fingerprint density at radius 2 is 2.09 bits per heavy atom. The molecule has 3 aromatic rings. The summed E-state index contributed by atoms with van der Waals surface area (Å²) in [6, 6.07) is 9.27. The summed E-state index contributed by atoms with van der Waals surface area (Å²) in [6.07, 6.45) is 1.60. The lowest BCUT2D eigenvalue weighted by Crippen LogP contribution is -2.12. The van der Waals surface area contributed by atoms with Crippen molar-refractivity contribution in [3.05, 3.63) is 64.1 Å². The van der Waals surface area contributed by atoms with Crippen molar-refractivity contribution in [3.63, 3.8) is 0 Å². The van der Waals surface area contributed by atoms with Crippen LogP contribution in [-0.2, 0) is 0 Å². The van der Waals surface area contributed by atoms with E-state index in [-0.39, 0.29) is 11.5 Å². The number of carbonyl (C=O) groups is 1. The second-order valence-corrected chi connectivity index (χ2v) is 5.77. The largest absolute Gasteiger partial charge is 0.290 e. The average Bonchev–Trinajstić information content (AvgIpc) is 3.18. The molecular weight excluding hydrogens is 315 g/mol. The number of aromatic nitrogens is 3. The molecule has 1 aromatic carbocycles. The number of carbonyl (C=O) groups excluding carboxylic acids is 1. The van der Waals surface area contributed by atoms with Crippen LogP contribution < -0.4 is 0 Å². The summed E-state index contributed by atoms with van der Waals surface area (Å²) in [5.41, 5.74) is 1.58. The lowest BCUT2D eigenvalue weighted by atomic mass is 10.0. The Bertz CT molecular complexity index is 891. The van der Waals surface area contributed by atoms with Crippen molar-refractivity contribution < 1.29 is 9.18 Å². The third-order valence-corrected chi connectivity index (χ3v) is 4.24. The van der Waals surface area contributed by atoms with Gasteiger partial charge >= 0.3 is 0 Å². The van der Waals surface area contributed by atoms with Gasteiger partial charge in [-0.25, -0.2) is 14.1 Å². The van der Waals surface area contributed by atoms with Crippen molar-refractivity contribution in [2.75, 3.05) is 0 Å². The monoisotopic (exact) mass is 326 g/mol. The van der Waals surface area contributed by atoms with Crippen LogP contribution in [-0.4, -0.2) is 20.5 Å². The van der Waals surface area contributed by atoms with Crippen molar-refractivity contribution in [3.8, 4) is 11.8 Å². The zero-order valence-corrected chi connectivity index (χ0v) is 12.9. The Labute approximate surface area is 135 Å². The minimum atomic E-state index is -0.967. The van der Waals surface area contributed by atoms with E-state index >= 15 is 0 Å². The van der Waals surface area contributed by atoms with Crippen molar-refractivity contribution in [2.45, 2.75) is 12.8 Å². The third kappa shape index (κ3) is 3.03. The van der Waals surface area contributed by atoms with Crippen LogP contribution in [0.3, 0.4) is 0 Å². The summed E-state index contributed by atoms with van der Waals surface area (Å²) in [4.78, 5) is 16.7. The van der Waals surface area contributed by atoms with Gasteiger partial charge in [0.25, 0.3) is 0 Å². The highest BCUT2D eigenvalue weighted by Gasteiger charge is 2.26. The number of hydrogen-bond acceptors (Lipinski definition) is 5. The maximum absolute atomic E-state index is 13.0. The van der Waals surface area contributed by atoms with Gasteiger partial charge in [0.15, 0.2) is 5.92 Å². The van der Waals surface area contributed by atoms with Gasteiger partial charge in [-0.1, -0.05) is 0 Å². The molecule has 7 heteroatoms. The van der Waals surface area contributed by atoms with E-state index in [0.717, 1.165) is 5.69 Å². The maximum atomic E-state index is 13.0. The Balaban J connectivity index is 1.88. The molecule has 1 unspecified atom stereocenters. The quantitative estimate of drug-likeness (QED) is 0.690. The first-order valence-electron chi connectivity index (χ1n) is 6.76. The number of benzene rings is 1. The van der Waals surface area contributed by atoms with E-state index in [1.54, 1.807) is 23.7 Å². The molecule has 0 aliphatic carbocycles. The van der Waals surface area contributed by atoms with Crippen LogP contribution in [0.1, 0.15) is 27.1 Å². The van der Waals surface area contributed by atoms with Gasteiger partial charge < -0.3 is 0 Å². The van der Waals surface area contributed by atoms with Crippen LogP contribution in [0.4, 0.5) is 4.39 Å². The minimum Gasteiger partial charge on any atom is -0.290 e. The first-order chi connectivity index (χ1) is 11.1. The number of thiazole rings is 1. The lowest BCUT2D eigenvalue weighted by Gasteiger charge is -2.03. The van der Waals surface area contributed by atoms with Crippen molar-refractivity contribution in [1.82, 2.24) is 14.8 Å². The highest BCUT2D eigenvalue weighted by Crippen LogP contribution is 2.23. The zero-order chi connectivity index (χ0) is 16.4. The van der Waals surface area contributed by atoms with E-state index in [9.17, 15) is 14.4 Å². The van der Waals surface area contributed by atoms with Crippen molar-refractivity contribution >= 4 is 17.1 Å². The smallest absolute Gasteiger partial charge is 0.207 e. The number of rotatable bonds is 4. The molecule has 0 N–H and O–H groups in total. The maximum Gasteiger partial charge on any atom is 0.207 e. The Morgan fingerprint density at radius 3 is 2.70 bits per heavy atom. The molecule has 114 valence electrons. The Kier molecular flexibility index (Phi) is 4.00. The number of nitriles is 1. The molecule has 3 rings (SSSR count). The molecule has 0 radical (unpaired) electrons. The zero-order valence-electron chi connectivity index (χ0n) is 12.1. The summed E-state index contributed by atoms with van der Waals surface area (Å²) < 4.78 is 14.4. The third-order valence-electron chi connectivity index (χ3n) is 3.21.